The van der Waals surface area contributed by atoms with Crippen LogP contribution in [0.3, 0.4) is 0 Å². The Morgan fingerprint density at radius 3 is 2.31 bits per heavy atom. The first-order chi connectivity index (χ1) is 20.9. The second kappa shape index (κ2) is 13.8. The summed E-state index contributed by atoms with van der Waals surface area (Å²) in [5, 5.41) is 22.1. The predicted octanol–water partition coefficient (Wildman–Crippen LogP) is 2.43. The highest BCUT2D eigenvalue weighted by molar-refractivity contribution is 5.84. The fourth-order valence-electron chi connectivity index (χ4n) is 7.90. The highest BCUT2D eigenvalue weighted by atomic mass is 16.7. The van der Waals surface area contributed by atoms with Crippen molar-refractivity contribution in [2.24, 2.45) is 23.7 Å². The average Bonchev–Trinajstić information content (AvgIpc) is 3.29. The molecular weight excluding hydrogens is 586 g/mol. The van der Waals surface area contributed by atoms with Gasteiger partial charge in [0.05, 0.1) is 53.8 Å². The molecule has 0 radical (unpaired) electrons. The fraction of sp³-hybridized carbons (Fsp3) is 0.879. The van der Waals surface area contributed by atoms with E-state index in [1.807, 2.05) is 39.8 Å². The third-order valence-electron chi connectivity index (χ3n) is 10.6. The van der Waals surface area contributed by atoms with Crippen molar-refractivity contribution in [2.75, 3.05) is 21.2 Å². The standard InChI is InChI=1S/C33H55NO11/c1-16-14-33(8)29(44-31-24(36)22(34(9)10)12-13-40-31)18(3)26(42-23-15-32(7,39-11)28(37)21(6)41-23)19(4)30(38)43-27(20(5)35)17(2)25(16)45-33/h12-13,16-19,21-29,31,36-37H,14-15H2,1-11H3/t16?,17-,18-,19+,21?,22?,23-,24?,25?,26-,27+,28-,29+,31-,32?,33+/m0/s1. The Hall–Kier alpha value is -1.64. The van der Waals surface area contributed by atoms with Crippen LogP contribution in [-0.4, -0.2) is 121 Å². The van der Waals surface area contributed by atoms with E-state index in [1.54, 1.807) is 26.8 Å². The molecule has 3 saturated heterocycles. The molecule has 4 aliphatic heterocycles. The Labute approximate surface area is 267 Å². The van der Waals surface area contributed by atoms with Crippen molar-refractivity contribution in [1.82, 2.24) is 4.90 Å². The molecule has 0 aromatic carbocycles. The zero-order valence-corrected chi connectivity index (χ0v) is 28.7. The molecule has 4 rings (SSSR count). The molecule has 0 aliphatic carbocycles. The van der Waals surface area contributed by atoms with Crippen molar-refractivity contribution >= 4 is 11.8 Å². The summed E-state index contributed by atoms with van der Waals surface area (Å²) in [5.74, 6) is -2.67. The number of fused-ring (bicyclic) bond motifs is 2. The highest BCUT2D eigenvalue weighted by Gasteiger charge is 2.57. The third-order valence-corrected chi connectivity index (χ3v) is 10.6. The molecule has 3 fully saturated rings. The average molecular weight is 642 g/mol. The van der Waals surface area contributed by atoms with Crippen molar-refractivity contribution < 1.29 is 53.0 Å². The zero-order valence-electron chi connectivity index (χ0n) is 28.7. The lowest BCUT2D eigenvalue weighted by Gasteiger charge is -2.47. The zero-order chi connectivity index (χ0) is 33.6. The quantitative estimate of drug-likeness (QED) is 0.394. The van der Waals surface area contributed by atoms with Crippen LogP contribution >= 0.6 is 0 Å². The van der Waals surface area contributed by atoms with E-state index in [9.17, 15) is 19.8 Å². The van der Waals surface area contributed by atoms with E-state index < -0.39 is 90.2 Å². The Balaban J connectivity index is 1.77. The molecule has 6 unspecified atom stereocenters. The number of ether oxygens (including phenoxy) is 7. The van der Waals surface area contributed by atoms with Gasteiger partial charge in [-0.05, 0) is 67.1 Å². The maximum absolute atomic E-state index is 13.8. The number of hydrogen-bond donors (Lipinski definition) is 2. The van der Waals surface area contributed by atoms with Crippen molar-refractivity contribution in [3.8, 4) is 0 Å². The maximum atomic E-state index is 13.8. The van der Waals surface area contributed by atoms with E-state index in [4.69, 9.17) is 33.2 Å². The van der Waals surface area contributed by atoms with Crippen LogP contribution in [0.5, 0.6) is 0 Å². The lowest BCUT2D eigenvalue weighted by Crippen LogP contribution is -2.59. The minimum atomic E-state index is -1.03. The number of hydrogen-bond acceptors (Lipinski definition) is 12. The van der Waals surface area contributed by atoms with Crippen LogP contribution in [0.15, 0.2) is 12.3 Å². The maximum Gasteiger partial charge on any atom is 0.312 e. The van der Waals surface area contributed by atoms with Crippen LogP contribution in [0.4, 0.5) is 0 Å². The van der Waals surface area contributed by atoms with Gasteiger partial charge in [-0.15, -0.1) is 0 Å². The van der Waals surface area contributed by atoms with Crippen LogP contribution in [-0.2, 0) is 42.7 Å². The third kappa shape index (κ3) is 7.13. The number of likely N-dealkylation sites (N-methyl/N-ethyl adjacent to an activating group) is 1. The molecule has 4 heterocycles. The number of ketones is 1. The highest BCUT2D eigenvalue weighted by Crippen LogP contribution is 2.47. The smallest absolute Gasteiger partial charge is 0.312 e. The number of aliphatic hydroxyl groups is 2. The molecular formula is C33H55NO11. The minimum absolute atomic E-state index is 0.00175. The summed E-state index contributed by atoms with van der Waals surface area (Å²) in [4.78, 5) is 28.5. The number of methoxy groups -OCH3 is 1. The lowest BCUT2D eigenvalue weighted by atomic mass is 9.77. The SMILES string of the molecule is COC1(C)C[C@H](O[C@H]2[C@H](C)[C@@H](O[C@@H]3OC=CC(N(C)C)C3O)[C@@]3(C)CC(C)C(O3)[C@H](C)[C@H](C(C)=O)OC(=O)[C@@H]2C)OC(C)[C@@H]1O. The van der Waals surface area contributed by atoms with E-state index >= 15 is 0 Å². The molecule has 12 heteroatoms. The second-order valence-corrected chi connectivity index (χ2v) is 14.4. The van der Waals surface area contributed by atoms with Gasteiger partial charge in [-0.3, -0.25) is 9.59 Å². The number of esters is 1. The Bertz CT molecular complexity index is 1090. The van der Waals surface area contributed by atoms with Gasteiger partial charge in [0, 0.05) is 25.4 Å². The van der Waals surface area contributed by atoms with E-state index in [2.05, 4.69) is 6.92 Å². The molecule has 0 saturated carbocycles. The molecule has 0 spiro atoms. The number of cyclic esters (lactones) is 1. The first-order valence-corrected chi connectivity index (χ1v) is 16.2. The molecule has 2 bridgehead atoms. The molecule has 16 atom stereocenters. The summed E-state index contributed by atoms with van der Waals surface area (Å²) in [5.41, 5.74) is -1.87. The van der Waals surface area contributed by atoms with Gasteiger partial charge in [-0.2, -0.15) is 0 Å². The van der Waals surface area contributed by atoms with Gasteiger partial charge in [0.25, 0.3) is 0 Å². The molecule has 258 valence electrons. The summed E-state index contributed by atoms with van der Waals surface area (Å²) >= 11 is 0. The molecule has 4 aliphatic rings. The monoisotopic (exact) mass is 641 g/mol. The Morgan fingerprint density at radius 1 is 1.04 bits per heavy atom. The van der Waals surface area contributed by atoms with Crippen LogP contribution in [0, 0.1) is 23.7 Å². The van der Waals surface area contributed by atoms with Gasteiger partial charge in [-0.1, -0.05) is 20.8 Å². The van der Waals surface area contributed by atoms with Crippen molar-refractivity contribution in [3.05, 3.63) is 12.3 Å². The summed E-state index contributed by atoms with van der Waals surface area (Å²) in [6, 6.07) is -0.349. The largest absolute Gasteiger partial charge is 0.470 e. The predicted molar refractivity (Wildman–Crippen MR) is 163 cm³/mol. The summed E-state index contributed by atoms with van der Waals surface area (Å²) < 4.78 is 43.8. The van der Waals surface area contributed by atoms with Crippen LogP contribution in [0.2, 0.25) is 0 Å². The van der Waals surface area contributed by atoms with Gasteiger partial charge in [0.15, 0.2) is 18.2 Å². The number of Topliss-reactive ketones (excluding diaryl/α,β-unsaturated/α-hetero) is 1. The van der Waals surface area contributed by atoms with E-state index in [0.717, 1.165) is 0 Å². The molecule has 12 nitrogen and oxygen atoms in total. The van der Waals surface area contributed by atoms with Crippen molar-refractivity contribution in [3.63, 3.8) is 0 Å². The summed E-state index contributed by atoms with van der Waals surface area (Å²) in [6.07, 6.45) is -3.30. The number of aliphatic hydroxyl groups excluding tert-OH is 2. The van der Waals surface area contributed by atoms with Crippen molar-refractivity contribution in [1.29, 1.82) is 0 Å². The van der Waals surface area contributed by atoms with Gasteiger partial charge >= 0.3 is 5.97 Å². The summed E-state index contributed by atoms with van der Waals surface area (Å²) in [6.45, 7) is 14.5. The number of rotatable bonds is 7. The van der Waals surface area contributed by atoms with Crippen LogP contribution in [0.25, 0.3) is 0 Å². The topological polar surface area (TPSA) is 142 Å². The lowest BCUT2D eigenvalue weighted by molar-refractivity contribution is -0.307. The first kappa shape index (κ1) is 36.2. The summed E-state index contributed by atoms with van der Waals surface area (Å²) in [7, 11) is 5.26. The fourth-order valence-corrected chi connectivity index (χ4v) is 7.90. The van der Waals surface area contributed by atoms with Gasteiger partial charge in [0.2, 0.25) is 6.29 Å². The van der Waals surface area contributed by atoms with Gasteiger partial charge in [-0.25, -0.2) is 0 Å². The number of carbonyl (C=O) groups excluding carboxylic acids is 2. The van der Waals surface area contributed by atoms with Crippen LogP contribution < -0.4 is 0 Å². The second-order valence-electron chi connectivity index (χ2n) is 14.4. The first-order valence-electron chi connectivity index (χ1n) is 16.2. The molecule has 2 N–H and O–H groups in total. The Kier molecular flexibility index (Phi) is 11.1. The van der Waals surface area contributed by atoms with Crippen molar-refractivity contribution in [2.45, 2.75) is 141 Å². The molecule has 0 aromatic heterocycles. The van der Waals surface area contributed by atoms with Crippen LogP contribution in [0.1, 0.15) is 68.2 Å². The number of carbonyl (C=O) groups is 2. The van der Waals surface area contributed by atoms with E-state index in [-0.39, 0.29) is 24.2 Å². The minimum Gasteiger partial charge on any atom is -0.470 e. The molecule has 0 aromatic rings. The Morgan fingerprint density at radius 2 is 1.71 bits per heavy atom. The number of nitrogens with zero attached hydrogens (tertiary/aromatic N) is 1. The van der Waals surface area contributed by atoms with Gasteiger partial charge in [0.1, 0.15) is 12.2 Å². The van der Waals surface area contributed by atoms with E-state index in [0.29, 0.717) is 6.42 Å². The van der Waals surface area contributed by atoms with E-state index in [1.165, 1.54) is 20.3 Å². The normalized spacial score (nSPS) is 49.2. The molecule has 45 heavy (non-hydrogen) atoms. The molecule has 0 amide bonds. The van der Waals surface area contributed by atoms with Gasteiger partial charge < -0.3 is 48.3 Å².